The lowest BCUT2D eigenvalue weighted by molar-refractivity contribution is 0.319. The van der Waals surface area contributed by atoms with E-state index in [1.54, 1.807) is 0 Å². The van der Waals surface area contributed by atoms with Gasteiger partial charge in [-0.25, -0.2) is 0 Å². The minimum Gasteiger partial charge on any atom is -0.389 e. The Bertz CT molecular complexity index is 590. The van der Waals surface area contributed by atoms with Gasteiger partial charge in [-0.1, -0.05) is 60.2 Å². The molecule has 3 heteroatoms. The molecular formula is C17H20N2S. The number of nitrogens with zero attached hydrogens (tertiary/aromatic N) is 1. The van der Waals surface area contributed by atoms with Gasteiger partial charge < -0.3 is 5.73 Å². The fraction of sp³-hybridized carbons (Fsp3) is 0.235. The first-order valence-electron chi connectivity index (χ1n) is 6.67. The lowest BCUT2D eigenvalue weighted by Gasteiger charge is -2.17. The molecule has 0 radical (unpaired) electrons. The first-order valence-corrected chi connectivity index (χ1v) is 7.08. The van der Waals surface area contributed by atoms with Crippen LogP contribution in [0.4, 0.5) is 0 Å². The molecule has 0 aliphatic rings. The molecule has 104 valence electrons. The molecule has 2 aromatic carbocycles. The van der Waals surface area contributed by atoms with Gasteiger partial charge in [-0.05, 0) is 31.2 Å². The summed E-state index contributed by atoms with van der Waals surface area (Å²) in [6.07, 6.45) is 0. The van der Waals surface area contributed by atoms with E-state index in [2.05, 4.69) is 55.3 Å². The van der Waals surface area contributed by atoms with Crippen molar-refractivity contribution in [1.29, 1.82) is 0 Å². The van der Waals surface area contributed by atoms with Crippen molar-refractivity contribution in [2.24, 2.45) is 5.73 Å². The zero-order valence-electron chi connectivity index (χ0n) is 12.0. The third-order valence-electron chi connectivity index (χ3n) is 3.24. The van der Waals surface area contributed by atoms with Gasteiger partial charge in [0.15, 0.2) is 0 Å². The molecule has 0 fully saturated rings. The molecule has 0 amide bonds. The van der Waals surface area contributed by atoms with Gasteiger partial charge in [0, 0.05) is 18.7 Å². The third-order valence-corrected chi connectivity index (χ3v) is 3.47. The van der Waals surface area contributed by atoms with Crippen LogP contribution in [-0.4, -0.2) is 16.9 Å². The highest BCUT2D eigenvalue weighted by Crippen LogP contribution is 2.11. The fourth-order valence-corrected chi connectivity index (χ4v) is 2.32. The maximum atomic E-state index is 5.67. The molecule has 2 nitrogen and oxygen atoms in total. The van der Waals surface area contributed by atoms with Crippen molar-refractivity contribution in [3.8, 4) is 0 Å². The molecule has 0 bridgehead atoms. The van der Waals surface area contributed by atoms with Gasteiger partial charge in [0.1, 0.15) is 4.99 Å². The van der Waals surface area contributed by atoms with Crippen molar-refractivity contribution in [1.82, 2.24) is 4.90 Å². The van der Waals surface area contributed by atoms with E-state index in [4.69, 9.17) is 18.0 Å². The maximum absolute atomic E-state index is 5.67. The summed E-state index contributed by atoms with van der Waals surface area (Å²) in [6, 6.07) is 16.8. The first-order chi connectivity index (χ1) is 9.54. The minimum atomic E-state index is 0.452. The number of hydrogen-bond acceptors (Lipinski definition) is 2. The van der Waals surface area contributed by atoms with E-state index in [1.807, 2.05) is 12.1 Å². The number of hydrogen-bond donors (Lipinski definition) is 1. The van der Waals surface area contributed by atoms with Gasteiger partial charge in [0.05, 0.1) is 0 Å². The summed E-state index contributed by atoms with van der Waals surface area (Å²) in [7, 11) is 2.12. The summed E-state index contributed by atoms with van der Waals surface area (Å²) in [5.74, 6) is 0. The molecule has 0 aromatic heterocycles. The predicted octanol–water partition coefficient (Wildman–Crippen LogP) is 3.26. The lowest BCUT2D eigenvalue weighted by atomic mass is 10.1. The number of aryl methyl sites for hydroxylation is 1. The number of thiocarbonyl (C=S) groups is 1. The molecule has 0 aliphatic carbocycles. The molecule has 2 N–H and O–H groups in total. The smallest absolute Gasteiger partial charge is 0.103 e. The van der Waals surface area contributed by atoms with E-state index in [1.165, 1.54) is 16.7 Å². The van der Waals surface area contributed by atoms with Crippen molar-refractivity contribution in [2.75, 3.05) is 7.05 Å². The average molecular weight is 284 g/mol. The zero-order valence-corrected chi connectivity index (χ0v) is 12.8. The molecule has 0 unspecified atom stereocenters. The Morgan fingerprint density at radius 3 is 2.35 bits per heavy atom. The highest BCUT2D eigenvalue weighted by Gasteiger charge is 2.03. The molecule has 0 saturated heterocycles. The normalized spacial score (nSPS) is 10.8. The van der Waals surface area contributed by atoms with E-state index < -0.39 is 0 Å². The molecule has 0 heterocycles. The minimum absolute atomic E-state index is 0.452. The van der Waals surface area contributed by atoms with E-state index in [0.29, 0.717) is 4.99 Å². The van der Waals surface area contributed by atoms with Crippen LogP contribution in [0, 0.1) is 6.92 Å². The van der Waals surface area contributed by atoms with Crippen LogP contribution in [0.3, 0.4) is 0 Å². The topological polar surface area (TPSA) is 29.3 Å². The quantitative estimate of drug-likeness (QED) is 0.855. The molecule has 2 aromatic rings. The van der Waals surface area contributed by atoms with Crippen molar-refractivity contribution in [2.45, 2.75) is 20.0 Å². The van der Waals surface area contributed by atoms with Crippen molar-refractivity contribution >= 4 is 17.2 Å². The summed E-state index contributed by atoms with van der Waals surface area (Å²) >= 11 is 5.02. The lowest BCUT2D eigenvalue weighted by Crippen LogP contribution is -2.18. The van der Waals surface area contributed by atoms with Gasteiger partial charge in [-0.2, -0.15) is 0 Å². The second kappa shape index (κ2) is 6.64. The van der Waals surface area contributed by atoms with Crippen LogP contribution in [-0.2, 0) is 13.1 Å². The predicted molar refractivity (Wildman–Crippen MR) is 88.7 cm³/mol. The largest absolute Gasteiger partial charge is 0.389 e. The highest BCUT2D eigenvalue weighted by atomic mass is 32.1. The molecule has 2 rings (SSSR count). The fourth-order valence-electron chi connectivity index (χ4n) is 2.20. The Morgan fingerprint density at radius 2 is 1.70 bits per heavy atom. The Balaban J connectivity index is 2.00. The van der Waals surface area contributed by atoms with E-state index in [9.17, 15) is 0 Å². The monoisotopic (exact) mass is 284 g/mol. The summed E-state index contributed by atoms with van der Waals surface area (Å²) in [6.45, 7) is 3.91. The SMILES string of the molecule is Cc1ccc(CN(C)Cc2cccc(C(N)=S)c2)cc1. The van der Waals surface area contributed by atoms with Crippen LogP contribution in [0.15, 0.2) is 48.5 Å². The van der Waals surface area contributed by atoms with Crippen LogP contribution in [0.2, 0.25) is 0 Å². The number of nitrogens with two attached hydrogens (primary N) is 1. The Morgan fingerprint density at radius 1 is 1.05 bits per heavy atom. The van der Waals surface area contributed by atoms with Crippen LogP contribution < -0.4 is 5.73 Å². The van der Waals surface area contributed by atoms with E-state index in [-0.39, 0.29) is 0 Å². The van der Waals surface area contributed by atoms with Gasteiger partial charge in [0.2, 0.25) is 0 Å². The van der Waals surface area contributed by atoms with Crippen LogP contribution in [0.25, 0.3) is 0 Å². The molecule has 0 saturated carbocycles. The van der Waals surface area contributed by atoms with Crippen molar-refractivity contribution in [3.63, 3.8) is 0 Å². The Labute approximate surface area is 126 Å². The van der Waals surface area contributed by atoms with Crippen LogP contribution in [0.1, 0.15) is 22.3 Å². The number of benzene rings is 2. The molecule has 20 heavy (non-hydrogen) atoms. The molecular weight excluding hydrogens is 264 g/mol. The summed E-state index contributed by atoms with van der Waals surface area (Å²) < 4.78 is 0. The Hall–Kier alpha value is -1.71. The molecule has 0 aliphatic heterocycles. The van der Waals surface area contributed by atoms with Crippen molar-refractivity contribution < 1.29 is 0 Å². The summed E-state index contributed by atoms with van der Waals surface area (Å²) in [4.78, 5) is 2.73. The summed E-state index contributed by atoms with van der Waals surface area (Å²) in [5, 5.41) is 0. The third kappa shape index (κ3) is 4.15. The maximum Gasteiger partial charge on any atom is 0.103 e. The van der Waals surface area contributed by atoms with Crippen LogP contribution >= 0.6 is 12.2 Å². The average Bonchev–Trinajstić information content (AvgIpc) is 2.41. The standard InChI is InChI=1S/C17H20N2S/c1-13-6-8-14(9-7-13)11-19(2)12-15-4-3-5-16(10-15)17(18)20/h3-10H,11-12H2,1-2H3,(H2,18,20). The summed E-state index contributed by atoms with van der Waals surface area (Å²) in [5.41, 5.74) is 10.4. The van der Waals surface area contributed by atoms with Gasteiger partial charge >= 0.3 is 0 Å². The second-order valence-corrected chi connectivity index (χ2v) is 5.66. The highest BCUT2D eigenvalue weighted by molar-refractivity contribution is 7.80. The van der Waals surface area contributed by atoms with Gasteiger partial charge in [-0.3, -0.25) is 4.90 Å². The zero-order chi connectivity index (χ0) is 14.5. The van der Waals surface area contributed by atoms with E-state index in [0.717, 1.165) is 18.7 Å². The molecule has 0 atom stereocenters. The first kappa shape index (κ1) is 14.7. The van der Waals surface area contributed by atoms with Crippen molar-refractivity contribution in [3.05, 3.63) is 70.8 Å². The van der Waals surface area contributed by atoms with E-state index >= 15 is 0 Å². The number of rotatable bonds is 5. The van der Waals surface area contributed by atoms with Crippen LogP contribution in [0.5, 0.6) is 0 Å². The van der Waals surface area contributed by atoms with Gasteiger partial charge in [-0.15, -0.1) is 0 Å². The Kier molecular flexibility index (Phi) is 4.88. The van der Waals surface area contributed by atoms with Gasteiger partial charge in [0.25, 0.3) is 0 Å². The molecule has 0 spiro atoms. The second-order valence-electron chi connectivity index (χ2n) is 5.22.